The van der Waals surface area contributed by atoms with Crippen LogP contribution in [0.15, 0.2) is 59.5 Å². The van der Waals surface area contributed by atoms with Gasteiger partial charge >= 0.3 is 0 Å². The first kappa shape index (κ1) is 19.1. The molecule has 1 fully saturated rings. The third-order valence-corrected chi connectivity index (χ3v) is 8.05. The lowest BCUT2D eigenvalue weighted by molar-refractivity contribution is -0.131. The molecule has 0 bridgehead atoms. The van der Waals surface area contributed by atoms with E-state index in [4.69, 9.17) is 4.98 Å². The first-order valence-corrected chi connectivity index (χ1v) is 11.9. The predicted octanol–water partition coefficient (Wildman–Crippen LogP) is 3.87. The SMILES string of the molecule is O=C(CCS(=O)(=O)c1ccccc1)N1CCC[C@H](c2nc3ccccc3s2)C1. The Morgan fingerprint density at radius 3 is 2.64 bits per heavy atom. The molecule has 1 saturated heterocycles. The molecule has 4 rings (SSSR count). The molecule has 1 aliphatic rings. The predicted molar refractivity (Wildman–Crippen MR) is 111 cm³/mol. The van der Waals surface area contributed by atoms with Gasteiger partial charge in [0.1, 0.15) is 0 Å². The molecule has 2 aromatic carbocycles. The van der Waals surface area contributed by atoms with Gasteiger partial charge in [-0.1, -0.05) is 30.3 Å². The molecule has 0 radical (unpaired) electrons. The van der Waals surface area contributed by atoms with Crippen LogP contribution < -0.4 is 0 Å². The summed E-state index contributed by atoms with van der Waals surface area (Å²) in [7, 11) is -3.43. The highest BCUT2D eigenvalue weighted by Crippen LogP contribution is 2.33. The summed E-state index contributed by atoms with van der Waals surface area (Å²) in [5.74, 6) is -0.0239. The zero-order chi connectivity index (χ0) is 19.6. The van der Waals surface area contributed by atoms with E-state index in [0.29, 0.717) is 13.1 Å². The van der Waals surface area contributed by atoms with E-state index in [0.717, 1.165) is 28.1 Å². The molecule has 0 N–H and O–H groups in total. The van der Waals surface area contributed by atoms with Gasteiger partial charge < -0.3 is 4.90 Å². The lowest BCUT2D eigenvalue weighted by atomic mass is 9.98. The fourth-order valence-corrected chi connectivity index (χ4v) is 5.94. The van der Waals surface area contributed by atoms with Crippen LogP contribution in [0.4, 0.5) is 0 Å². The number of para-hydroxylation sites is 1. The molecule has 2 heterocycles. The van der Waals surface area contributed by atoms with Gasteiger partial charge in [0.15, 0.2) is 9.84 Å². The number of fused-ring (bicyclic) bond motifs is 1. The van der Waals surface area contributed by atoms with Crippen molar-refractivity contribution in [1.29, 1.82) is 0 Å². The number of aromatic nitrogens is 1. The highest BCUT2D eigenvalue weighted by atomic mass is 32.2. The number of nitrogens with zero attached hydrogens (tertiary/aromatic N) is 2. The molecule has 0 unspecified atom stereocenters. The number of piperidine rings is 1. The van der Waals surface area contributed by atoms with E-state index in [9.17, 15) is 13.2 Å². The van der Waals surface area contributed by atoms with Gasteiger partial charge in [0.05, 0.1) is 25.9 Å². The standard InChI is InChI=1S/C21H22N2O3S2/c24-20(12-14-28(25,26)17-8-2-1-3-9-17)23-13-6-7-16(15-23)21-22-18-10-4-5-11-19(18)27-21/h1-5,8-11,16H,6-7,12-15H2/t16-/m0/s1. The second-order valence-corrected chi connectivity index (χ2v) is 10.3. The summed E-state index contributed by atoms with van der Waals surface area (Å²) in [6.07, 6.45) is 1.94. The minimum absolute atomic E-state index is 0.0177. The summed E-state index contributed by atoms with van der Waals surface area (Å²) >= 11 is 1.69. The van der Waals surface area contributed by atoms with Crippen LogP contribution in [0, 0.1) is 0 Å². The van der Waals surface area contributed by atoms with E-state index in [1.54, 1.807) is 46.6 Å². The number of amides is 1. The molecule has 0 spiro atoms. The molecule has 28 heavy (non-hydrogen) atoms. The van der Waals surface area contributed by atoms with E-state index in [-0.39, 0.29) is 28.9 Å². The van der Waals surface area contributed by atoms with Crippen LogP contribution in [0.25, 0.3) is 10.2 Å². The number of benzene rings is 2. The van der Waals surface area contributed by atoms with Gasteiger partial charge in [-0.05, 0) is 37.1 Å². The monoisotopic (exact) mass is 414 g/mol. The number of sulfone groups is 1. The van der Waals surface area contributed by atoms with E-state index in [1.807, 2.05) is 18.2 Å². The summed E-state index contributed by atoms with van der Waals surface area (Å²) in [6, 6.07) is 16.4. The Hall–Kier alpha value is -2.25. The van der Waals surface area contributed by atoms with Crippen LogP contribution in [-0.4, -0.2) is 43.1 Å². The van der Waals surface area contributed by atoms with Gasteiger partial charge in [0.2, 0.25) is 5.91 Å². The Morgan fingerprint density at radius 2 is 1.86 bits per heavy atom. The summed E-state index contributed by atoms with van der Waals surface area (Å²) in [4.78, 5) is 19.5. The fourth-order valence-electron chi connectivity index (χ4n) is 3.60. The van der Waals surface area contributed by atoms with Crippen molar-refractivity contribution in [3.8, 4) is 0 Å². The van der Waals surface area contributed by atoms with Crippen LogP contribution in [-0.2, 0) is 14.6 Å². The normalized spacial score (nSPS) is 17.7. The van der Waals surface area contributed by atoms with Crippen molar-refractivity contribution in [3.05, 3.63) is 59.6 Å². The zero-order valence-electron chi connectivity index (χ0n) is 15.5. The molecular weight excluding hydrogens is 392 g/mol. The van der Waals surface area contributed by atoms with Crippen LogP contribution in [0.1, 0.15) is 30.2 Å². The summed E-state index contributed by atoms with van der Waals surface area (Å²) in [5, 5.41) is 1.07. The van der Waals surface area contributed by atoms with Crippen molar-refractivity contribution in [2.75, 3.05) is 18.8 Å². The second kappa shape index (κ2) is 8.01. The van der Waals surface area contributed by atoms with Gasteiger partial charge in [0.25, 0.3) is 0 Å². The maximum absolute atomic E-state index is 12.7. The Bertz CT molecular complexity index is 1040. The van der Waals surface area contributed by atoms with E-state index in [1.165, 1.54) is 0 Å². The van der Waals surface area contributed by atoms with Gasteiger partial charge in [-0.2, -0.15) is 0 Å². The Kier molecular flexibility index (Phi) is 5.46. The van der Waals surface area contributed by atoms with Gasteiger partial charge in [-0.3, -0.25) is 4.79 Å². The molecule has 3 aromatic rings. The molecule has 1 amide bonds. The van der Waals surface area contributed by atoms with Crippen LogP contribution in [0.5, 0.6) is 0 Å². The van der Waals surface area contributed by atoms with Crippen molar-refractivity contribution in [3.63, 3.8) is 0 Å². The molecule has 0 aliphatic carbocycles. The summed E-state index contributed by atoms with van der Waals surface area (Å²) in [6.45, 7) is 1.30. The average Bonchev–Trinajstić information content (AvgIpc) is 3.17. The number of hydrogen-bond donors (Lipinski definition) is 0. The van der Waals surface area contributed by atoms with E-state index >= 15 is 0 Å². The first-order chi connectivity index (χ1) is 13.5. The minimum atomic E-state index is -3.43. The Labute approximate surface area is 168 Å². The van der Waals surface area contributed by atoms with Crippen molar-refractivity contribution >= 4 is 37.3 Å². The highest BCUT2D eigenvalue weighted by Gasteiger charge is 2.27. The van der Waals surface area contributed by atoms with Crippen molar-refractivity contribution in [1.82, 2.24) is 9.88 Å². The van der Waals surface area contributed by atoms with Gasteiger partial charge in [-0.15, -0.1) is 11.3 Å². The Balaban J connectivity index is 1.41. The van der Waals surface area contributed by atoms with Crippen molar-refractivity contribution in [2.45, 2.75) is 30.1 Å². The molecule has 5 nitrogen and oxygen atoms in total. The number of hydrogen-bond acceptors (Lipinski definition) is 5. The molecule has 1 atom stereocenters. The number of rotatable bonds is 5. The average molecular weight is 415 g/mol. The van der Waals surface area contributed by atoms with E-state index in [2.05, 4.69) is 6.07 Å². The molecule has 7 heteroatoms. The maximum Gasteiger partial charge on any atom is 0.223 e. The smallest absolute Gasteiger partial charge is 0.223 e. The minimum Gasteiger partial charge on any atom is -0.342 e. The second-order valence-electron chi connectivity index (χ2n) is 7.08. The number of carbonyl (C=O) groups excluding carboxylic acids is 1. The number of carbonyl (C=O) groups is 1. The molecule has 146 valence electrons. The number of likely N-dealkylation sites (tertiary alicyclic amines) is 1. The number of thiazole rings is 1. The maximum atomic E-state index is 12.7. The molecule has 0 saturated carbocycles. The van der Waals surface area contributed by atoms with Crippen LogP contribution in [0.2, 0.25) is 0 Å². The van der Waals surface area contributed by atoms with Gasteiger partial charge in [-0.25, -0.2) is 13.4 Å². The third-order valence-electron chi connectivity index (χ3n) is 5.12. The quantitative estimate of drug-likeness (QED) is 0.636. The highest BCUT2D eigenvalue weighted by molar-refractivity contribution is 7.91. The van der Waals surface area contributed by atoms with Crippen molar-refractivity contribution < 1.29 is 13.2 Å². The molecule has 1 aliphatic heterocycles. The summed E-state index contributed by atoms with van der Waals surface area (Å²) in [5.41, 5.74) is 1.000. The molecular formula is C21H22N2O3S2. The van der Waals surface area contributed by atoms with Gasteiger partial charge in [0, 0.05) is 25.4 Å². The molecule has 1 aromatic heterocycles. The fraction of sp³-hybridized carbons (Fsp3) is 0.333. The van der Waals surface area contributed by atoms with E-state index < -0.39 is 9.84 Å². The van der Waals surface area contributed by atoms with Crippen LogP contribution >= 0.6 is 11.3 Å². The Morgan fingerprint density at radius 1 is 1.11 bits per heavy atom. The zero-order valence-corrected chi connectivity index (χ0v) is 17.1. The van der Waals surface area contributed by atoms with Crippen molar-refractivity contribution in [2.24, 2.45) is 0 Å². The van der Waals surface area contributed by atoms with Crippen LogP contribution in [0.3, 0.4) is 0 Å². The summed E-state index contributed by atoms with van der Waals surface area (Å²) < 4.78 is 26.0. The topological polar surface area (TPSA) is 67.3 Å². The lowest BCUT2D eigenvalue weighted by Gasteiger charge is -2.32. The largest absolute Gasteiger partial charge is 0.342 e. The first-order valence-electron chi connectivity index (χ1n) is 9.44. The lowest BCUT2D eigenvalue weighted by Crippen LogP contribution is -2.39. The third kappa shape index (κ3) is 4.10.